The van der Waals surface area contributed by atoms with Crippen LogP contribution in [0.4, 0.5) is 13.2 Å². The van der Waals surface area contributed by atoms with E-state index >= 15 is 0 Å². The molecule has 0 spiro atoms. The van der Waals surface area contributed by atoms with Crippen LogP contribution in [0.1, 0.15) is 11.4 Å². The van der Waals surface area contributed by atoms with Crippen LogP contribution in [0.2, 0.25) is 5.02 Å². The van der Waals surface area contributed by atoms with Crippen LogP contribution in [-0.4, -0.2) is 14.8 Å². The van der Waals surface area contributed by atoms with E-state index in [9.17, 15) is 13.2 Å². The lowest BCUT2D eigenvalue weighted by molar-refractivity contribution is -0.141. The van der Waals surface area contributed by atoms with Gasteiger partial charge in [-0.25, -0.2) is 4.98 Å². The predicted octanol–water partition coefficient (Wildman–Crippen LogP) is 3.46. The van der Waals surface area contributed by atoms with Crippen molar-refractivity contribution in [1.82, 2.24) is 14.8 Å². The Kier molecular flexibility index (Phi) is 3.06. The summed E-state index contributed by atoms with van der Waals surface area (Å²) in [6, 6.07) is 3.64. The molecule has 0 bridgehead atoms. The third-order valence-electron chi connectivity index (χ3n) is 2.54. The number of pyridine rings is 1. The summed E-state index contributed by atoms with van der Waals surface area (Å²) in [6.07, 6.45) is -4.48. The van der Waals surface area contributed by atoms with Crippen molar-refractivity contribution in [2.24, 2.45) is 7.05 Å². The molecule has 0 aliphatic heterocycles. The lowest BCUT2D eigenvalue weighted by Crippen LogP contribution is -2.08. The number of aromatic nitrogens is 3. The highest BCUT2D eigenvalue weighted by molar-refractivity contribution is 6.33. The second-order valence-electron chi connectivity index (χ2n) is 3.78. The monoisotopic (exact) mass is 275 g/mol. The number of nitrogens with zero attached hydrogens (tertiary/aromatic N) is 3. The van der Waals surface area contributed by atoms with Gasteiger partial charge >= 0.3 is 6.18 Å². The molecule has 7 heteroatoms. The van der Waals surface area contributed by atoms with E-state index in [0.717, 1.165) is 6.07 Å². The highest BCUT2D eigenvalue weighted by Crippen LogP contribution is 2.32. The molecule has 0 N–H and O–H groups in total. The van der Waals surface area contributed by atoms with Crippen molar-refractivity contribution in [3.8, 4) is 11.4 Å². The number of rotatable bonds is 1. The SMILES string of the molecule is Cc1c(Cl)c(-c2cccc(C(F)(F)F)n2)nn1C. The second-order valence-corrected chi connectivity index (χ2v) is 4.16. The molecule has 0 aliphatic rings. The summed E-state index contributed by atoms with van der Waals surface area (Å²) in [6.45, 7) is 1.73. The number of aryl methyl sites for hydroxylation is 1. The van der Waals surface area contributed by atoms with E-state index in [4.69, 9.17) is 11.6 Å². The van der Waals surface area contributed by atoms with Gasteiger partial charge in [0.1, 0.15) is 11.4 Å². The van der Waals surface area contributed by atoms with Crippen LogP contribution in [0.25, 0.3) is 11.4 Å². The fourth-order valence-corrected chi connectivity index (χ4v) is 1.73. The van der Waals surface area contributed by atoms with Crippen LogP contribution >= 0.6 is 11.6 Å². The van der Waals surface area contributed by atoms with Gasteiger partial charge < -0.3 is 0 Å². The van der Waals surface area contributed by atoms with E-state index in [1.807, 2.05) is 0 Å². The third-order valence-corrected chi connectivity index (χ3v) is 3.00. The first kappa shape index (κ1) is 12.9. The first-order valence-corrected chi connectivity index (χ1v) is 5.42. The average Bonchev–Trinajstić information content (AvgIpc) is 2.56. The van der Waals surface area contributed by atoms with E-state index in [-0.39, 0.29) is 11.4 Å². The molecular formula is C11H9ClF3N3. The van der Waals surface area contributed by atoms with Crippen molar-refractivity contribution >= 4 is 11.6 Å². The van der Waals surface area contributed by atoms with Gasteiger partial charge in [0.05, 0.1) is 16.4 Å². The fraction of sp³-hybridized carbons (Fsp3) is 0.273. The summed E-state index contributed by atoms with van der Waals surface area (Å²) in [5, 5.41) is 4.37. The van der Waals surface area contributed by atoms with Crippen LogP contribution in [-0.2, 0) is 13.2 Å². The van der Waals surface area contributed by atoms with Crippen molar-refractivity contribution < 1.29 is 13.2 Å². The Labute approximate surface area is 106 Å². The second kappa shape index (κ2) is 4.28. The van der Waals surface area contributed by atoms with Gasteiger partial charge in [-0.15, -0.1) is 0 Å². The minimum atomic E-state index is -4.48. The molecule has 2 rings (SSSR count). The molecule has 18 heavy (non-hydrogen) atoms. The first-order chi connectivity index (χ1) is 8.30. The molecule has 2 aromatic heterocycles. The minimum absolute atomic E-state index is 0.110. The van der Waals surface area contributed by atoms with Crippen molar-refractivity contribution in [3.63, 3.8) is 0 Å². The summed E-state index contributed by atoms with van der Waals surface area (Å²) < 4.78 is 39.1. The molecule has 2 aromatic rings. The van der Waals surface area contributed by atoms with E-state index in [1.54, 1.807) is 14.0 Å². The van der Waals surface area contributed by atoms with Crippen LogP contribution in [0, 0.1) is 6.92 Å². The predicted molar refractivity (Wildman–Crippen MR) is 61.2 cm³/mol. The number of alkyl halides is 3. The molecule has 3 nitrogen and oxygen atoms in total. The Morgan fingerprint density at radius 3 is 2.44 bits per heavy atom. The van der Waals surface area contributed by atoms with E-state index in [1.165, 1.54) is 16.8 Å². The summed E-state index contributed by atoms with van der Waals surface area (Å²) in [7, 11) is 1.67. The minimum Gasteiger partial charge on any atom is -0.271 e. The number of halogens is 4. The summed E-state index contributed by atoms with van der Waals surface area (Å²) in [4.78, 5) is 3.54. The quantitative estimate of drug-likeness (QED) is 0.798. The standard InChI is InChI=1S/C11H9ClF3N3/c1-6-9(12)10(17-18(6)2)7-4-3-5-8(16-7)11(13,14)15/h3-5H,1-2H3. The molecular weight excluding hydrogens is 267 g/mol. The van der Waals surface area contributed by atoms with E-state index in [0.29, 0.717) is 10.7 Å². The highest BCUT2D eigenvalue weighted by Gasteiger charge is 2.32. The summed E-state index contributed by atoms with van der Waals surface area (Å²) in [5.41, 5.74) is 0.0755. The molecule has 0 amide bonds. The molecule has 0 saturated heterocycles. The van der Waals surface area contributed by atoms with Crippen LogP contribution in [0.3, 0.4) is 0 Å². The Bertz CT molecular complexity index is 590. The molecule has 0 radical (unpaired) electrons. The van der Waals surface area contributed by atoms with Gasteiger partial charge in [0.2, 0.25) is 0 Å². The molecule has 2 heterocycles. The van der Waals surface area contributed by atoms with Crippen molar-refractivity contribution in [1.29, 1.82) is 0 Å². The highest BCUT2D eigenvalue weighted by atomic mass is 35.5. The van der Waals surface area contributed by atoms with Crippen molar-refractivity contribution in [3.05, 3.63) is 34.6 Å². The van der Waals surface area contributed by atoms with Crippen LogP contribution in [0.15, 0.2) is 18.2 Å². The zero-order valence-corrected chi connectivity index (χ0v) is 10.3. The number of hydrogen-bond acceptors (Lipinski definition) is 2. The smallest absolute Gasteiger partial charge is 0.271 e. The van der Waals surface area contributed by atoms with Gasteiger partial charge in [0, 0.05) is 7.05 Å². The van der Waals surface area contributed by atoms with Gasteiger partial charge in [-0.1, -0.05) is 17.7 Å². The zero-order valence-electron chi connectivity index (χ0n) is 9.59. The van der Waals surface area contributed by atoms with Gasteiger partial charge in [-0.3, -0.25) is 4.68 Å². The molecule has 0 aromatic carbocycles. The third kappa shape index (κ3) is 2.20. The molecule has 0 fully saturated rings. The topological polar surface area (TPSA) is 30.7 Å². The Morgan fingerprint density at radius 1 is 1.28 bits per heavy atom. The van der Waals surface area contributed by atoms with E-state index < -0.39 is 11.9 Å². The van der Waals surface area contributed by atoms with Crippen molar-refractivity contribution in [2.45, 2.75) is 13.1 Å². The molecule has 0 saturated carbocycles. The first-order valence-electron chi connectivity index (χ1n) is 5.04. The van der Waals surface area contributed by atoms with Crippen molar-refractivity contribution in [2.75, 3.05) is 0 Å². The molecule has 96 valence electrons. The van der Waals surface area contributed by atoms with Gasteiger partial charge in [-0.2, -0.15) is 18.3 Å². The molecule has 0 aliphatic carbocycles. The molecule has 0 atom stereocenters. The van der Waals surface area contributed by atoms with Crippen LogP contribution < -0.4 is 0 Å². The fourth-order valence-electron chi connectivity index (χ4n) is 1.47. The zero-order chi connectivity index (χ0) is 13.5. The van der Waals surface area contributed by atoms with Gasteiger partial charge in [-0.05, 0) is 19.1 Å². The van der Waals surface area contributed by atoms with Crippen LogP contribution in [0.5, 0.6) is 0 Å². The largest absolute Gasteiger partial charge is 0.433 e. The lowest BCUT2D eigenvalue weighted by Gasteiger charge is -2.06. The maximum Gasteiger partial charge on any atom is 0.433 e. The van der Waals surface area contributed by atoms with E-state index in [2.05, 4.69) is 10.1 Å². The Hall–Kier alpha value is -1.56. The maximum atomic E-state index is 12.5. The lowest BCUT2D eigenvalue weighted by atomic mass is 10.2. The Morgan fingerprint density at radius 2 is 1.94 bits per heavy atom. The van der Waals surface area contributed by atoms with Gasteiger partial charge in [0.25, 0.3) is 0 Å². The number of hydrogen-bond donors (Lipinski definition) is 0. The summed E-state index contributed by atoms with van der Waals surface area (Å²) in [5.74, 6) is 0. The molecule has 0 unspecified atom stereocenters. The Balaban J connectivity index is 2.55. The normalized spacial score (nSPS) is 11.9. The maximum absolute atomic E-state index is 12.5. The summed E-state index contributed by atoms with van der Waals surface area (Å²) >= 11 is 6.01. The average molecular weight is 276 g/mol. The van der Waals surface area contributed by atoms with Gasteiger partial charge in [0.15, 0.2) is 0 Å².